The molecule has 2 aromatic heterocycles. The third kappa shape index (κ3) is 3.22. The lowest BCUT2D eigenvalue weighted by molar-refractivity contribution is 0.174. The van der Waals surface area contributed by atoms with E-state index in [1.54, 1.807) is 0 Å². The Balaban J connectivity index is 1.53. The van der Waals surface area contributed by atoms with Crippen LogP contribution >= 0.6 is 0 Å². The first-order chi connectivity index (χ1) is 15.3. The topological polar surface area (TPSA) is 47.1 Å². The molecule has 3 heterocycles. The predicted molar refractivity (Wildman–Crippen MR) is 122 cm³/mol. The van der Waals surface area contributed by atoms with Gasteiger partial charge in [0.15, 0.2) is 11.5 Å². The van der Waals surface area contributed by atoms with Crippen LogP contribution in [0.2, 0.25) is 0 Å². The van der Waals surface area contributed by atoms with Crippen LogP contribution in [0.25, 0.3) is 33.3 Å². The molecule has 0 radical (unpaired) electrons. The molecule has 5 aromatic rings. The highest BCUT2D eigenvalue weighted by atomic mass is 16.7. The van der Waals surface area contributed by atoms with Gasteiger partial charge in [-0.3, -0.25) is 4.98 Å². The highest BCUT2D eigenvalue weighted by Crippen LogP contribution is 2.39. The van der Waals surface area contributed by atoms with Crippen LogP contribution in [0, 0.1) is 0 Å². The van der Waals surface area contributed by atoms with Crippen molar-refractivity contribution in [2.75, 3.05) is 6.79 Å². The molecule has 0 spiro atoms. The predicted octanol–water partition coefficient (Wildman–Crippen LogP) is 6.22. The molecule has 150 valence electrons. The molecule has 1 aliphatic heterocycles. The van der Waals surface area contributed by atoms with Crippen molar-refractivity contribution in [3.63, 3.8) is 0 Å². The van der Waals surface area contributed by atoms with Crippen molar-refractivity contribution in [3.05, 3.63) is 102 Å². The molecular formula is C27H20N2O2. The molecular weight excluding hydrogens is 384 g/mol. The van der Waals surface area contributed by atoms with Gasteiger partial charge in [-0.25, -0.2) is 0 Å². The molecule has 0 amide bonds. The van der Waals surface area contributed by atoms with Gasteiger partial charge in [-0.05, 0) is 29.3 Å². The second-order valence-electron chi connectivity index (χ2n) is 7.70. The maximum Gasteiger partial charge on any atom is 0.231 e. The van der Waals surface area contributed by atoms with E-state index in [4.69, 9.17) is 14.5 Å². The maximum atomic E-state index is 5.60. The molecule has 0 bridgehead atoms. The van der Waals surface area contributed by atoms with Gasteiger partial charge in [-0.15, -0.1) is 0 Å². The van der Waals surface area contributed by atoms with Crippen LogP contribution in [0.5, 0.6) is 11.5 Å². The Labute approximate surface area is 180 Å². The number of aromatic nitrogens is 2. The summed E-state index contributed by atoms with van der Waals surface area (Å²) in [5, 5.41) is 1.12. The van der Waals surface area contributed by atoms with Crippen LogP contribution < -0.4 is 9.47 Å². The molecule has 0 aliphatic carbocycles. The van der Waals surface area contributed by atoms with E-state index in [0.717, 1.165) is 56.9 Å². The highest BCUT2D eigenvalue weighted by molar-refractivity contribution is 6.02. The van der Waals surface area contributed by atoms with Gasteiger partial charge in [0.05, 0.1) is 11.2 Å². The third-order valence-corrected chi connectivity index (χ3v) is 5.69. The van der Waals surface area contributed by atoms with Gasteiger partial charge in [-0.1, -0.05) is 66.7 Å². The molecule has 4 nitrogen and oxygen atoms in total. The minimum absolute atomic E-state index is 0.267. The number of fused-ring (bicyclic) bond motifs is 2. The minimum Gasteiger partial charge on any atom is -0.454 e. The first-order valence-corrected chi connectivity index (χ1v) is 10.3. The summed E-state index contributed by atoms with van der Waals surface area (Å²) in [7, 11) is 0. The Kier molecular flexibility index (Phi) is 4.20. The lowest BCUT2D eigenvalue weighted by Gasteiger charge is -2.08. The standard InChI is InChI=1S/C27H20N2O2/c1-3-7-18(8-4-1)13-21-15-22-26(19-9-5-2-6-10-19)28-16-23(27(22)29-21)20-11-12-24-25(14-20)31-17-30-24/h1-12,14-16,29H,13,17H2. The average molecular weight is 404 g/mol. The van der Waals surface area contributed by atoms with Crippen molar-refractivity contribution in [3.8, 4) is 33.9 Å². The summed E-state index contributed by atoms with van der Waals surface area (Å²) in [4.78, 5) is 8.55. The van der Waals surface area contributed by atoms with Crippen molar-refractivity contribution in [1.82, 2.24) is 9.97 Å². The van der Waals surface area contributed by atoms with Crippen LogP contribution in [0.3, 0.4) is 0 Å². The Bertz CT molecular complexity index is 1380. The van der Waals surface area contributed by atoms with Gasteiger partial charge in [-0.2, -0.15) is 0 Å². The number of aromatic amines is 1. The Morgan fingerprint density at radius 2 is 1.55 bits per heavy atom. The lowest BCUT2D eigenvalue weighted by Crippen LogP contribution is -1.92. The number of benzene rings is 3. The van der Waals surface area contributed by atoms with Crippen molar-refractivity contribution in [2.24, 2.45) is 0 Å². The Morgan fingerprint density at radius 3 is 2.39 bits per heavy atom. The fraction of sp³-hybridized carbons (Fsp3) is 0.0741. The smallest absolute Gasteiger partial charge is 0.231 e. The largest absolute Gasteiger partial charge is 0.454 e. The van der Waals surface area contributed by atoms with Crippen molar-refractivity contribution in [1.29, 1.82) is 0 Å². The lowest BCUT2D eigenvalue weighted by atomic mass is 10.0. The monoisotopic (exact) mass is 404 g/mol. The number of ether oxygens (including phenoxy) is 2. The molecule has 0 saturated heterocycles. The van der Waals surface area contributed by atoms with Crippen LogP contribution in [0.15, 0.2) is 91.1 Å². The van der Waals surface area contributed by atoms with Gasteiger partial charge >= 0.3 is 0 Å². The van der Waals surface area contributed by atoms with E-state index in [1.165, 1.54) is 5.56 Å². The summed E-state index contributed by atoms with van der Waals surface area (Å²) < 4.78 is 11.1. The molecule has 3 aromatic carbocycles. The van der Waals surface area contributed by atoms with Crippen LogP contribution in [-0.4, -0.2) is 16.8 Å². The molecule has 6 rings (SSSR count). The van der Waals surface area contributed by atoms with Gasteiger partial charge in [0, 0.05) is 34.8 Å². The first kappa shape index (κ1) is 17.8. The first-order valence-electron chi connectivity index (χ1n) is 10.3. The summed E-state index contributed by atoms with van der Waals surface area (Å²) in [6.45, 7) is 0.267. The normalized spacial score (nSPS) is 12.4. The number of pyridine rings is 1. The van der Waals surface area contributed by atoms with Gasteiger partial charge in [0.2, 0.25) is 6.79 Å². The Hall–Kier alpha value is -4.05. The number of hydrogen-bond acceptors (Lipinski definition) is 3. The molecule has 0 fully saturated rings. The SMILES string of the molecule is c1ccc(Cc2cc3c(-c4ccccc4)ncc(-c4ccc5c(c4)OCO5)c3[nH]2)cc1. The molecule has 0 unspecified atom stereocenters. The van der Waals surface area contributed by atoms with Crippen LogP contribution in [-0.2, 0) is 6.42 Å². The van der Waals surface area contributed by atoms with E-state index in [1.807, 2.05) is 42.6 Å². The maximum absolute atomic E-state index is 5.60. The fourth-order valence-electron chi connectivity index (χ4n) is 4.19. The van der Waals surface area contributed by atoms with Gasteiger partial charge in [0.25, 0.3) is 0 Å². The summed E-state index contributed by atoms with van der Waals surface area (Å²) in [6, 6.07) is 29.1. The zero-order valence-electron chi connectivity index (χ0n) is 16.8. The van der Waals surface area contributed by atoms with Gasteiger partial charge < -0.3 is 14.5 Å². The second-order valence-corrected chi connectivity index (χ2v) is 7.70. The summed E-state index contributed by atoms with van der Waals surface area (Å²) in [6.07, 6.45) is 2.79. The molecule has 31 heavy (non-hydrogen) atoms. The number of nitrogens with zero attached hydrogens (tertiary/aromatic N) is 1. The van der Waals surface area contributed by atoms with Crippen molar-refractivity contribution < 1.29 is 9.47 Å². The number of nitrogens with one attached hydrogen (secondary N) is 1. The highest BCUT2D eigenvalue weighted by Gasteiger charge is 2.18. The second kappa shape index (κ2) is 7.33. The zero-order chi connectivity index (χ0) is 20.6. The van der Waals surface area contributed by atoms with E-state index in [-0.39, 0.29) is 6.79 Å². The molecule has 1 N–H and O–H groups in total. The summed E-state index contributed by atoms with van der Waals surface area (Å²) >= 11 is 0. The van der Waals surface area contributed by atoms with Gasteiger partial charge in [0.1, 0.15) is 0 Å². The van der Waals surface area contributed by atoms with Crippen molar-refractivity contribution >= 4 is 10.9 Å². The number of rotatable bonds is 4. The zero-order valence-corrected chi connectivity index (χ0v) is 16.8. The van der Waals surface area contributed by atoms with Crippen LogP contribution in [0.4, 0.5) is 0 Å². The van der Waals surface area contributed by atoms with E-state index in [9.17, 15) is 0 Å². The number of hydrogen-bond donors (Lipinski definition) is 1. The van der Waals surface area contributed by atoms with E-state index < -0.39 is 0 Å². The van der Waals surface area contributed by atoms with Crippen LogP contribution in [0.1, 0.15) is 11.3 Å². The molecule has 0 saturated carbocycles. The summed E-state index contributed by atoms with van der Waals surface area (Å²) in [5.74, 6) is 1.55. The quantitative estimate of drug-likeness (QED) is 0.387. The number of H-pyrrole nitrogens is 1. The third-order valence-electron chi connectivity index (χ3n) is 5.69. The molecule has 1 aliphatic rings. The summed E-state index contributed by atoms with van der Waals surface area (Å²) in [5.41, 5.74) is 7.70. The molecule has 0 atom stereocenters. The molecule has 4 heteroatoms. The van der Waals surface area contributed by atoms with E-state index >= 15 is 0 Å². The van der Waals surface area contributed by atoms with Crippen molar-refractivity contribution in [2.45, 2.75) is 6.42 Å². The minimum atomic E-state index is 0.267. The fourth-order valence-corrected chi connectivity index (χ4v) is 4.19. The van der Waals surface area contributed by atoms with E-state index in [2.05, 4.69) is 53.5 Å². The van der Waals surface area contributed by atoms with E-state index in [0.29, 0.717) is 0 Å². The Morgan fingerprint density at radius 1 is 0.774 bits per heavy atom. The average Bonchev–Trinajstić information content (AvgIpc) is 3.46.